The number of nitrogens with zero attached hydrogens (tertiary/aromatic N) is 4. The van der Waals surface area contributed by atoms with E-state index >= 15 is 0 Å². The summed E-state index contributed by atoms with van der Waals surface area (Å²) in [6, 6.07) is 90.7. The van der Waals surface area contributed by atoms with Crippen molar-refractivity contribution in [1.82, 2.24) is 19.5 Å². The average molecular weight is 943 g/mol. The van der Waals surface area contributed by atoms with Crippen molar-refractivity contribution in [3.63, 3.8) is 0 Å². The molecule has 0 radical (unpaired) electrons. The van der Waals surface area contributed by atoms with Gasteiger partial charge in [-0.2, -0.15) is 0 Å². The first-order valence-electron chi connectivity index (χ1n) is 25.1. The summed E-state index contributed by atoms with van der Waals surface area (Å²) < 4.78 is 9.54. The van der Waals surface area contributed by atoms with E-state index in [-0.39, 0.29) is 0 Å². The lowest BCUT2D eigenvalue weighted by atomic mass is 9.95. The van der Waals surface area contributed by atoms with Gasteiger partial charge in [-0.3, -0.25) is 0 Å². The Morgan fingerprint density at radius 1 is 0.284 bits per heavy atom. The second-order valence-corrected chi connectivity index (χ2v) is 19.1. The first-order valence-corrected chi connectivity index (χ1v) is 25.1. The van der Waals surface area contributed by atoms with Gasteiger partial charge in [0.25, 0.3) is 0 Å². The maximum absolute atomic E-state index is 7.06. The van der Waals surface area contributed by atoms with Gasteiger partial charge in [-0.1, -0.05) is 218 Å². The van der Waals surface area contributed by atoms with Gasteiger partial charge in [-0.25, -0.2) is 15.0 Å². The minimum Gasteiger partial charge on any atom is -0.456 e. The molecule has 0 aliphatic rings. The van der Waals surface area contributed by atoms with Gasteiger partial charge in [-0.05, 0) is 85.1 Å². The fourth-order valence-electron chi connectivity index (χ4n) is 11.3. The van der Waals surface area contributed by atoms with E-state index in [1.165, 1.54) is 48.7 Å². The lowest BCUT2D eigenvalue weighted by Crippen LogP contribution is -2.01. The second kappa shape index (κ2) is 16.8. The average Bonchev–Trinajstić information content (AvgIpc) is 4.03. The number of fused-ring (bicyclic) bond motifs is 10. The van der Waals surface area contributed by atoms with Crippen LogP contribution in [0.25, 0.3) is 149 Å². The number of aromatic nitrogens is 4. The van der Waals surface area contributed by atoms with E-state index in [1.807, 2.05) is 36.4 Å². The molecule has 5 heteroatoms. The van der Waals surface area contributed by atoms with Crippen molar-refractivity contribution in [3.8, 4) is 73.2 Å². The van der Waals surface area contributed by atoms with Crippen molar-refractivity contribution < 1.29 is 4.42 Å². The first kappa shape index (κ1) is 41.8. The third-order valence-electron chi connectivity index (χ3n) is 14.8. The van der Waals surface area contributed by atoms with Crippen LogP contribution in [0.15, 0.2) is 259 Å². The highest BCUT2D eigenvalue weighted by molar-refractivity contribution is 6.22. The third-order valence-corrected chi connectivity index (χ3v) is 14.8. The molecule has 0 saturated heterocycles. The molecule has 0 bridgehead atoms. The predicted molar refractivity (Wildman–Crippen MR) is 307 cm³/mol. The fourth-order valence-corrected chi connectivity index (χ4v) is 11.3. The van der Waals surface area contributed by atoms with E-state index in [0.717, 1.165) is 83.2 Å². The zero-order valence-corrected chi connectivity index (χ0v) is 39.9. The number of hydrogen-bond donors (Lipinski definition) is 0. The molecule has 74 heavy (non-hydrogen) atoms. The lowest BCUT2D eigenvalue weighted by Gasteiger charge is -2.16. The van der Waals surface area contributed by atoms with Crippen molar-refractivity contribution in [2.75, 3.05) is 0 Å². The summed E-state index contributed by atoms with van der Waals surface area (Å²) in [5, 5.41) is 11.5. The van der Waals surface area contributed by atoms with E-state index in [9.17, 15) is 0 Å². The van der Waals surface area contributed by atoms with Crippen LogP contribution in [0.2, 0.25) is 0 Å². The largest absolute Gasteiger partial charge is 0.456 e. The Bertz CT molecular complexity index is 4710. The lowest BCUT2D eigenvalue weighted by molar-refractivity contribution is 0.668. The number of hydrogen-bond acceptors (Lipinski definition) is 4. The van der Waals surface area contributed by atoms with Gasteiger partial charge in [0.2, 0.25) is 0 Å². The Morgan fingerprint density at radius 3 is 1.64 bits per heavy atom. The van der Waals surface area contributed by atoms with E-state index in [4.69, 9.17) is 19.4 Å². The smallest absolute Gasteiger partial charge is 0.164 e. The molecule has 0 amide bonds. The van der Waals surface area contributed by atoms with Crippen molar-refractivity contribution in [2.45, 2.75) is 0 Å². The van der Waals surface area contributed by atoms with Gasteiger partial charge in [0.05, 0.1) is 16.7 Å². The molecule has 0 aliphatic carbocycles. The van der Waals surface area contributed by atoms with Gasteiger partial charge in [0.1, 0.15) is 11.2 Å². The summed E-state index contributed by atoms with van der Waals surface area (Å²) in [5.74, 6) is 1.76. The Morgan fingerprint density at radius 2 is 0.851 bits per heavy atom. The van der Waals surface area contributed by atoms with Gasteiger partial charge < -0.3 is 8.98 Å². The van der Waals surface area contributed by atoms with Gasteiger partial charge >= 0.3 is 0 Å². The first-order chi connectivity index (χ1) is 36.7. The molecule has 3 aromatic heterocycles. The van der Waals surface area contributed by atoms with E-state index in [1.54, 1.807) is 0 Å². The minimum absolute atomic E-state index is 0.566. The Kier molecular flexibility index (Phi) is 9.50. The maximum Gasteiger partial charge on any atom is 0.164 e. The molecule has 0 saturated carbocycles. The summed E-state index contributed by atoms with van der Waals surface area (Å²) in [6.07, 6.45) is 0. The molecule has 3 heterocycles. The van der Waals surface area contributed by atoms with Gasteiger partial charge in [0.15, 0.2) is 17.5 Å². The number of benzene rings is 12. The van der Waals surface area contributed by atoms with Crippen LogP contribution in [-0.4, -0.2) is 19.5 Å². The third kappa shape index (κ3) is 6.82. The van der Waals surface area contributed by atoms with E-state index < -0.39 is 0 Å². The molecule has 0 unspecified atom stereocenters. The quantitative estimate of drug-likeness (QED) is 0.160. The van der Waals surface area contributed by atoms with Crippen molar-refractivity contribution in [2.24, 2.45) is 0 Å². The molecule has 0 atom stereocenters. The van der Waals surface area contributed by atoms with Gasteiger partial charge in [0, 0.05) is 55.3 Å². The van der Waals surface area contributed by atoms with Crippen LogP contribution in [0.5, 0.6) is 0 Å². The summed E-state index contributed by atoms with van der Waals surface area (Å²) in [7, 11) is 0. The molecule has 0 aliphatic heterocycles. The SMILES string of the molecule is c1ccc(-c2nc(-c3ccccc3-c3ccccc3)nc(-c3cccc4oc5cc(-n6c7cc8ccccc8cc7c7ccc8ccccc8c76)c(-c6ccc(-c7ccc8ccccc8c7)cc6)cc5c34)n2)cc1. The summed E-state index contributed by atoms with van der Waals surface area (Å²) in [4.78, 5) is 15.9. The normalized spacial score (nSPS) is 11.8. The molecule has 344 valence electrons. The van der Waals surface area contributed by atoms with E-state index in [2.05, 4.69) is 223 Å². The van der Waals surface area contributed by atoms with Crippen LogP contribution in [-0.2, 0) is 0 Å². The highest BCUT2D eigenvalue weighted by Crippen LogP contribution is 2.45. The zero-order valence-electron chi connectivity index (χ0n) is 39.9. The van der Waals surface area contributed by atoms with Crippen LogP contribution < -0.4 is 0 Å². The standard InChI is InChI=1S/C69H42N4O/c1-3-17-45(18-4-1)53-25-13-14-27-56(53)68-70-67(48-20-5-2-6-21-48)71-69(72-68)57-28-15-29-63-65(57)60-41-58(47-33-30-44(31-34-47)52-35-32-43-16-7-8-22-49(43)38-52)62(42-64(60)74-63)73-61-40-51-24-10-9-23-50(51)39-59(61)55-37-36-46-19-11-12-26-54(46)66(55)73/h1-42H. The van der Waals surface area contributed by atoms with Crippen LogP contribution in [0.4, 0.5) is 0 Å². The van der Waals surface area contributed by atoms with Crippen LogP contribution in [0.3, 0.4) is 0 Å². The molecule has 0 fully saturated rings. The van der Waals surface area contributed by atoms with Crippen LogP contribution in [0, 0.1) is 0 Å². The Labute approximate surface area is 425 Å². The number of rotatable bonds is 7. The molecule has 0 spiro atoms. The monoisotopic (exact) mass is 942 g/mol. The van der Waals surface area contributed by atoms with Crippen molar-refractivity contribution in [1.29, 1.82) is 0 Å². The molecule has 15 aromatic rings. The van der Waals surface area contributed by atoms with Crippen LogP contribution in [0.1, 0.15) is 0 Å². The van der Waals surface area contributed by atoms with Crippen molar-refractivity contribution >= 4 is 76.1 Å². The fraction of sp³-hybridized carbons (Fsp3) is 0. The molecule has 12 aromatic carbocycles. The molecular formula is C69H42N4O. The highest BCUT2D eigenvalue weighted by atomic mass is 16.3. The van der Waals surface area contributed by atoms with Crippen molar-refractivity contribution in [3.05, 3.63) is 255 Å². The Hall–Kier alpha value is -9.97. The second-order valence-electron chi connectivity index (χ2n) is 19.1. The topological polar surface area (TPSA) is 56.7 Å². The molecule has 5 nitrogen and oxygen atoms in total. The Balaban J connectivity index is 1.01. The maximum atomic E-state index is 7.06. The molecule has 0 N–H and O–H groups in total. The molecule has 15 rings (SSSR count). The highest BCUT2D eigenvalue weighted by Gasteiger charge is 2.24. The number of furan rings is 1. The summed E-state index contributed by atoms with van der Waals surface area (Å²) in [5.41, 5.74) is 14.1. The van der Waals surface area contributed by atoms with E-state index in [0.29, 0.717) is 17.5 Å². The van der Waals surface area contributed by atoms with Crippen LogP contribution >= 0.6 is 0 Å². The zero-order chi connectivity index (χ0) is 48.7. The summed E-state index contributed by atoms with van der Waals surface area (Å²) >= 11 is 0. The van der Waals surface area contributed by atoms with Gasteiger partial charge in [-0.15, -0.1) is 0 Å². The minimum atomic E-state index is 0.566. The molecular weight excluding hydrogens is 901 g/mol. The predicted octanol–water partition coefficient (Wildman–Crippen LogP) is 18.3. The summed E-state index contributed by atoms with van der Waals surface area (Å²) in [6.45, 7) is 0.